The molecule has 0 saturated heterocycles. The Bertz CT molecular complexity index is 2910. The quantitative estimate of drug-likeness (QED) is 0.176. The smallest absolute Gasteiger partial charge is 0.160 e. The van der Waals surface area contributed by atoms with Crippen molar-refractivity contribution >= 4 is 32.7 Å². The fraction of sp³-hybridized carbons (Fsp3) is 0. The van der Waals surface area contributed by atoms with E-state index in [0.717, 1.165) is 72.3 Å². The molecule has 0 aliphatic rings. The topological polar surface area (TPSA) is 38.9 Å². The zero-order valence-corrected chi connectivity index (χ0v) is 28.8. The van der Waals surface area contributed by atoms with Gasteiger partial charge in [-0.25, -0.2) is 9.97 Å². The maximum Gasteiger partial charge on any atom is 0.160 e. The second-order valence-corrected chi connectivity index (χ2v) is 13.4. The molecule has 0 fully saturated rings. The van der Waals surface area contributed by atoms with Gasteiger partial charge in [-0.05, 0) is 86.6 Å². The highest BCUT2D eigenvalue weighted by Gasteiger charge is 2.16. The van der Waals surface area contributed by atoms with E-state index in [9.17, 15) is 0 Å². The highest BCUT2D eigenvalue weighted by atomic mass is 16.3. The first-order chi connectivity index (χ1) is 26.2. The molecular weight excluding hydrogens is 645 g/mol. The molecule has 2 heterocycles. The number of furan rings is 1. The van der Waals surface area contributed by atoms with Crippen LogP contribution in [0.3, 0.4) is 0 Å². The zero-order valence-electron chi connectivity index (χ0n) is 28.8. The van der Waals surface area contributed by atoms with Crippen LogP contribution in [-0.4, -0.2) is 9.97 Å². The van der Waals surface area contributed by atoms with Crippen LogP contribution in [0, 0.1) is 0 Å². The molecule has 3 nitrogen and oxygen atoms in total. The molecule has 0 bridgehead atoms. The third kappa shape index (κ3) is 5.75. The first-order valence-electron chi connectivity index (χ1n) is 17.9. The van der Waals surface area contributed by atoms with Gasteiger partial charge in [0.15, 0.2) is 5.82 Å². The van der Waals surface area contributed by atoms with E-state index < -0.39 is 0 Å². The van der Waals surface area contributed by atoms with Crippen molar-refractivity contribution in [2.45, 2.75) is 0 Å². The predicted octanol–water partition coefficient (Wildman–Crippen LogP) is 13.5. The van der Waals surface area contributed by atoms with Crippen LogP contribution in [0.15, 0.2) is 199 Å². The van der Waals surface area contributed by atoms with E-state index in [1.54, 1.807) is 0 Å². The molecule has 0 N–H and O–H groups in total. The average Bonchev–Trinajstić information content (AvgIpc) is 3.63. The van der Waals surface area contributed by atoms with Crippen LogP contribution >= 0.6 is 0 Å². The lowest BCUT2D eigenvalue weighted by Gasteiger charge is -2.13. The van der Waals surface area contributed by atoms with E-state index in [2.05, 4.69) is 170 Å². The summed E-state index contributed by atoms with van der Waals surface area (Å²) < 4.78 is 6.36. The van der Waals surface area contributed by atoms with Gasteiger partial charge in [0.2, 0.25) is 0 Å². The minimum Gasteiger partial charge on any atom is -0.456 e. The van der Waals surface area contributed by atoms with Crippen LogP contribution in [0.2, 0.25) is 0 Å². The van der Waals surface area contributed by atoms with Gasteiger partial charge in [0.05, 0.1) is 11.4 Å². The molecule has 0 saturated carbocycles. The fourth-order valence-corrected chi connectivity index (χ4v) is 7.39. The van der Waals surface area contributed by atoms with Crippen molar-refractivity contribution < 1.29 is 4.42 Å². The Morgan fingerprint density at radius 2 is 0.811 bits per heavy atom. The lowest BCUT2D eigenvalue weighted by atomic mass is 9.93. The van der Waals surface area contributed by atoms with Crippen molar-refractivity contribution in [1.82, 2.24) is 9.97 Å². The van der Waals surface area contributed by atoms with Gasteiger partial charge in [-0.15, -0.1) is 0 Å². The summed E-state index contributed by atoms with van der Waals surface area (Å²) in [6.45, 7) is 0. The highest BCUT2D eigenvalue weighted by molar-refractivity contribution is 6.19. The molecule has 10 aromatic rings. The average molecular weight is 677 g/mol. The molecule has 0 spiro atoms. The number of fused-ring (bicyclic) bond motifs is 5. The Morgan fingerprint density at radius 3 is 1.53 bits per heavy atom. The Hall–Kier alpha value is -7.10. The number of hydrogen-bond acceptors (Lipinski definition) is 3. The zero-order chi connectivity index (χ0) is 35.1. The van der Waals surface area contributed by atoms with Crippen molar-refractivity contribution in [1.29, 1.82) is 0 Å². The monoisotopic (exact) mass is 676 g/mol. The maximum absolute atomic E-state index is 6.36. The number of hydrogen-bond donors (Lipinski definition) is 0. The van der Waals surface area contributed by atoms with Gasteiger partial charge in [0.25, 0.3) is 0 Å². The summed E-state index contributed by atoms with van der Waals surface area (Å²) in [5.41, 5.74) is 13.4. The molecule has 8 aromatic carbocycles. The van der Waals surface area contributed by atoms with Gasteiger partial charge in [-0.1, -0.05) is 152 Å². The number of benzene rings is 8. The van der Waals surface area contributed by atoms with Crippen LogP contribution in [0.4, 0.5) is 0 Å². The number of rotatable bonds is 6. The molecule has 0 unspecified atom stereocenters. The van der Waals surface area contributed by atoms with Crippen molar-refractivity contribution in [3.8, 4) is 67.3 Å². The third-order valence-electron chi connectivity index (χ3n) is 10.1. The fourth-order valence-electron chi connectivity index (χ4n) is 7.39. The van der Waals surface area contributed by atoms with Crippen molar-refractivity contribution in [2.75, 3.05) is 0 Å². The van der Waals surface area contributed by atoms with Gasteiger partial charge in [-0.3, -0.25) is 0 Å². The van der Waals surface area contributed by atoms with Crippen LogP contribution < -0.4 is 0 Å². The summed E-state index contributed by atoms with van der Waals surface area (Å²) in [7, 11) is 0. The summed E-state index contributed by atoms with van der Waals surface area (Å²) >= 11 is 0. The van der Waals surface area contributed by atoms with Crippen LogP contribution in [0.5, 0.6) is 0 Å². The van der Waals surface area contributed by atoms with E-state index in [1.165, 1.54) is 21.9 Å². The minimum absolute atomic E-state index is 0.690. The summed E-state index contributed by atoms with van der Waals surface area (Å²) in [5.74, 6) is 0.690. The standard InChI is InChI=1S/C50H32N2O/c1-4-12-33(13-5-1)35-20-22-37(23-21-35)45-32-46(52-50(51-45)38-17-8-3-9-18-38)42-29-40(34-14-6-2-7-15-34)28-41(30-42)39-25-26-47-44(31-39)49-43-19-11-10-16-36(43)24-27-48(49)53-47/h1-32H. The molecule has 248 valence electrons. The molecule has 3 heteroatoms. The SMILES string of the molecule is c1ccc(-c2ccc(-c3cc(-c4cc(-c5ccccc5)cc(-c5ccc6oc7ccc8ccccc8c7c6c5)c4)nc(-c4ccccc4)n3)cc2)cc1. The lowest BCUT2D eigenvalue weighted by molar-refractivity contribution is 0.669. The normalized spacial score (nSPS) is 11.4. The lowest BCUT2D eigenvalue weighted by Crippen LogP contribution is -1.96. The van der Waals surface area contributed by atoms with Crippen molar-refractivity contribution in [3.63, 3.8) is 0 Å². The largest absolute Gasteiger partial charge is 0.456 e. The number of nitrogens with zero attached hydrogens (tertiary/aromatic N) is 2. The van der Waals surface area contributed by atoms with E-state index >= 15 is 0 Å². The maximum atomic E-state index is 6.36. The predicted molar refractivity (Wildman–Crippen MR) is 219 cm³/mol. The van der Waals surface area contributed by atoms with Gasteiger partial charge in [-0.2, -0.15) is 0 Å². The van der Waals surface area contributed by atoms with Gasteiger partial charge < -0.3 is 4.42 Å². The van der Waals surface area contributed by atoms with Crippen molar-refractivity contribution in [3.05, 3.63) is 194 Å². The van der Waals surface area contributed by atoms with Gasteiger partial charge >= 0.3 is 0 Å². The van der Waals surface area contributed by atoms with E-state index in [-0.39, 0.29) is 0 Å². The number of aromatic nitrogens is 2. The van der Waals surface area contributed by atoms with Crippen LogP contribution in [0.25, 0.3) is 100.0 Å². The summed E-state index contributed by atoms with van der Waals surface area (Å²) in [5, 5.41) is 4.64. The molecule has 0 aliphatic carbocycles. The Balaban J connectivity index is 1.16. The van der Waals surface area contributed by atoms with E-state index in [1.807, 2.05) is 24.3 Å². The molecule has 10 rings (SSSR count). The Morgan fingerprint density at radius 1 is 0.302 bits per heavy atom. The molecular formula is C50H32N2O. The molecule has 0 radical (unpaired) electrons. The summed E-state index contributed by atoms with van der Waals surface area (Å²) in [4.78, 5) is 10.3. The second kappa shape index (κ2) is 12.9. The van der Waals surface area contributed by atoms with E-state index in [4.69, 9.17) is 14.4 Å². The molecule has 2 aromatic heterocycles. The van der Waals surface area contributed by atoms with Crippen LogP contribution in [-0.2, 0) is 0 Å². The molecule has 0 atom stereocenters. The Labute approximate surface area is 307 Å². The first kappa shape index (κ1) is 30.7. The van der Waals surface area contributed by atoms with Gasteiger partial charge in [0, 0.05) is 27.5 Å². The Kier molecular flexibility index (Phi) is 7.47. The first-order valence-corrected chi connectivity index (χ1v) is 17.9. The van der Waals surface area contributed by atoms with Crippen LogP contribution in [0.1, 0.15) is 0 Å². The third-order valence-corrected chi connectivity index (χ3v) is 10.1. The van der Waals surface area contributed by atoms with E-state index in [0.29, 0.717) is 5.82 Å². The van der Waals surface area contributed by atoms with Crippen molar-refractivity contribution in [2.24, 2.45) is 0 Å². The second-order valence-electron chi connectivity index (χ2n) is 13.4. The summed E-state index contributed by atoms with van der Waals surface area (Å²) in [6, 6.07) is 68.1. The van der Waals surface area contributed by atoms with Gasteiger partial charge in [0.1, 0.15) is 11.2 Å². The molecule has 0 amide bonds. The summed E-state index contributed by atoms with van der Waals surface area (Å²) in [6.07, 6.45) is 0. The molecule has 53 heavy (non-hydrogen) atoms. The highest BCUT2D eigenvalue weighted by Crippen LogP contribution is 2.39. The minimum atomic E-state index is 0.690. The molecule has 0 aliphatic heterocycles.